The van der Waals surface area contributed by atoms with Gasteiger partial charge in [0.1, 0.15) is 22.3 Å². The van der Waals surface area contributed by atoms with E-state index in [1.165, 1.54) is 4.90 Å². The Hall–Kier alpha value is -1.31. The lowest BCUT2D eigenvalue weighted by Gasteiger charge is -2.34. The maximum Gasteiger partial charge on any atom is 0.150 e. The monoisotopic (exact) mass is 288 g/mol. The standard InChI is InChI=1S/C12H14F2N2O2S/c13-9-3-7(12(15)19)4-10(14)11(9)16-1-2-18-8(5-16)6-17/h3-4,8,17H,1-2,5-6H2,(H2,15,19). The van der Waals surface area contributed by atoms with Crippen molar-refractivity contribution in [1.29, 1.82) is 0 Å². The van der Waals surface area contributed by atoms with Gasteiger partial charge in [-0.3, -0.25) is 0 Å². The molecule has 7 heteroatoms. The van der Waals surface area contributed by atoms with Crippen LogP contribution in [0.1, 0.15) is 5.56 Å². The van der Waals surface area contributed by atoms with E-state index in [1.54, 1.807) is 0 Å². The highest BCUT2D eigenvalue weighted by atomic mass is 32.1. The fraction of sp³-hybridized carbons (Fsp3) is 0.417. The number of anilines is 1. The minimum absolute atomic E-state index is 0.0560. The lowest BCUT2D eigenvalue weighted by molar-refractivity contribution is 0.00323. The highest BCUT2D eigenvalue weighted by Crippen LogP contribution is 2.26. The van der Waals surface area contributed by atoms with Crippen molar-refractivity contribution in [3.05, 3.63) is 29.3 Å². The van der Waals surface area contributed by atoms with Crippen molar-refractivity contribution in [2.24, 2.45) is 5.73 Å². The third-order valence-corrected chi connectivity index (χ3v) is 3.20. The third-order valence-electron chi connectivity index (χ3n) is 2.96. The smallest absolute Gasteiger partial charge is 0.150 e. The molecule has 0 aliphatic carbocycles. The lowest BCUT2D eigenvalue weighted by Crippen LogP contribution is -2.44. The van der Waals surface area contributed by atoms with Crippen molar-refractivity contribution in [3.63, 3.8) is 0 Å². The van der Waals surface area contributed by atoms with Crippen LogP contribution in [0.15, 0.2) is 12.1 Å². The second-order valence-electron chi connectivity index (χ2n) is 4.27. The number of thiocarbonyl (C=S) groups is 1. The number of halogens is 2. The van der Waals surface area contributed by atoms with Crippen LogP contribution in [0.3, 0.4) is 0 Å². The molecular weight excluding hydrogens is 274 g/mol. The minimum atomic E-state index is -0.721. The highest BCUT2D eigenvalue weighted by Gasteiger charge is 2.25. The summed E-state index contributed by atoms with van der Waals surface area (Å²) in [4.78, 5) is 1.46. The Morgan fingerprint density at radius 1 is 1.47 bits per heavy atom. The molecule has 1 aliphatic heterocycles. The summed E-state index contributed by atoms with van der Waals surface area (Å²) in [7, 11) is 0. The van der Waals surface area contributed by atoms with Crippen molar-refractivity contribution < 1.29 is 18.6 Å². The van der Waals surface area contributed by atoms with Gasteiger partial charge in [0.15, 0.2) is 0 Å². The first kappa shape index (κ1) is 14.1. The summed E-state index contributed by atoms with van der Waals surface area (Å²) in [6.45, 7) is 0.708. The molecule has 1 unspecified atom stereocenters. The van der Waals surface area contributed by atoms with Gasteiger partial charge in [0.25, 0.3) is 0 Å². The Morgan fingerprint density at radius 3 is 2.63 bits per heavy atom. The molecule has 1 atom stereocenters. The van der Waals surface area contributed by atoms with Crippen LogP contribution >= 0.6 is 12.2 Å². The molecule has 104 valence electrons. The van der Waals surface area contributed by atoms with E-state index in [4.69, 9.17) is 27.8 Å². The number of aliphatic hydroxyl groups excluding tert-OH is 1. The Balaban J connectivity index is 2.31. The first-order valence-corrected chi connectivity index (χ1v) is 6.20. The van der Waals surface area contributed by atoms with Gasteiger partial charge < -0.3 is 20.5 Å². The molecule has 1 saturated heterocycles. The average Bonchev–Trinajstić information content (AvgIpc) is 2.38. The average molecular weight is 288 g/mol. The van der Waals surface area contributed by atoms with E-state index in [0.717, 1.165) is 12.1 Å². The van der Waals surface area contributed by atoms with Crippen LogP contribution in [-0.2, 0) is 4.74 Å². The molecular formula is C12H14F2N2O2S. The van der Waals surface area contributed by atoms with Gasteiger partial charge in [0.2, 0.25) is 0 Å². The van der Waals surface area contributed by atoms with Crippen molar-refractivity contribution in [1.82, 2.24) is 0 Å². The summed E-state index contributed by atoms with van der Waals surface area (Å²) >= 11 is 4.70. The zero-order chi connectivity index (χ0) is 14.0. The van der Waals surface area contributed by atoms with Crippen molar-refractivity contribution in [3.8, 4) is 0 Å². The fourth-order valence-electron chi connectivity index (χ4n) is 2.04. The molecule has 0 radical (unpaired) electrons. The molecule has 1 aromatic carbocycles. The first-order valence-electron chi connectivity index (χ1n) is 5.79. The third kappa shape index (κ3) is 2.99. The van der Waals surface area contributed by atoms with Gasteiger partial charge in [0.05, 0.1) is 19.3 Å². The van der Waals surface area contributed by atoms with Gasteiger partial charge in [-0.2, -0.15) is 0 Å². The van der Waals surface area contributed by atoms with Gasteiger partial charge in [-0.25, -0.2) is 8.78 Å². The SMILES string of the molecule is NC(=S)c1cc(F)c(N2CCOC(CO)C2)c(F)c1. The van der Waals surface area contributed by atoms with E-state index in [2.05, 4.69) is 0 Å². The number of benzene rings is 1. The summed E-state index contributed by atoms with van der Waals surface area (Å²) in [5, 5.41) is 9.04. The Labute approximate surface area is 114 Å². The number of rotatable bonds is 3. The van der Waals surface area contributed by atoms with Crippen LogP contribution in [0.25, 0.3) is 0 Å². The summed E-state index contributed by atoms with van der Waals surface area (Å²) in [6.07, 6.45) is -0.442. The second kappa shape index (κ2) is 5.77. The number of hydrogen-bond donors (Lipinski definition) is 2. The van der Waals surface area contributed by atoms with Gasteiger partial charge in [-0.15, -0.1) is 0 Å². The van der Waals surface area contributed by atoms with Crippen molar-refractivity contribution in [2.45, 2.75) is 6.10 Å². The molecule has 1 aliphatic rings. The van der Waals surface area contributed by atoms with Gasteiger partial charge in [-0.1, -0.05) is 12.2 Å². The molecule has 0 bridgehead atoms. The van der Waals surface area contributed by atoms with E-state index in [0.29, 0.717) is 13.2 Å². The summed E-state index contributed by atoms with van der Waals surface area (Å²) in [6, 6.07) is 2.23. The molecule has 4 nitrogen and oxygen atoms in total. The lowest BCUT2D eigenvalue weighted by atomic mass is 10.1. The second-order valence-corrected chi connectivity index (χ2v) is 4.71. The molecule has 1 aromatic rings. The number of nitrogens with zero attached hydrogens (tertiary/aromatic N) is 1. The molecule has 19 heavy (non-hydrogen) atoms. The van der Waals surface area contributed by atoms with Gasteiger partial charge >= 0.3 is 0 Å². The predicted octanol–water partition coefficient (Wildman–Crippen LogP) is 0.796. The molecule has 0 saturated carbocycles. The number of morpholine rings is 1. The maximum absolute atomic E-state index is 14.0. The zero-order valence-corrected chi connectivity index (χ0v) is 10.9. The van der Waals surface area contributed by atoms with E-state index >= 15 is 0 Å². The quantitative estimate of drug-likeness (QED) is 0.806. The zero-order valence-electron chi connectivity index (χ0n) is 10.1. The molecule has 0 amide bonds. The maximum atomic E-state index is 14.0. The number of ether oxygens (including phenoxy) is 1. The summed E-state index contributed by atoms with van der Waals surface area (Å²) in [5.74, 6) is -1.44. The molecule has 2 rings (SSSR count). The van der Waals surface area contributed by atoms with Crippen LogP contribution in [0.4, 0.5) is 14.5 Å². The number of hydrogen-bond acceptors (Lipinski definition) is 4. The largest absolute Gasteiger partial charge is 0.394 e. The topological polar surface area (TPSA) is 58.7 Å². The first-order chi connectivity index (χ1) is 9.02. The molecule has 0 spiro atoms. The van der Waals surface area contributed by atoms with Gasteiger partial charge in [-0.05, 0) is 12.1 Å². The van der Waals surface area contributed by atoms with Crippen LogP contribution in [0.5, 0.6) is 0 Å². The predicted molar refractivity (Wildman–Crippen MR) is 71.3 cm³/mol. The Kier molecular flexibility index (Phi) is 4.28. The minimum Gasteiger partial charge on any atom is -0.394 e. The van der Waals surface area contributed by atoms with Gasteiger partial charge in [0, 0.05) is 18.7 Å². The fourth-order valence-corrected chi connectivity index (χ4v) is 2.16. The van der Waals surface area contributed by atoms with Crippen LogP contribution < -0.4 is 10.6 Å². The van der Waals surface area contributed by atoms with E-state index in [9.17, 15) is 8.78 Å². The summed E-state index contributed by atoms with van der Waals surface area (Å²) < 4.78 is 33.2. The molecule has 0 aromatic heterocycles. The summed E-state index contributed by atoms with van der Waals surface area (Å²) in [5.41, 5.74) is 5.37. The Morgan fingerprint density at radius 2 is 2.11 bits per heavy atom. The van der Waals surface area contributed by atoms with E-state index in [1.807, 2.05) is 0 Å². The Bertz CT molecular complexity index is 476. The normalized spacial score (nSPS) is 19.5. The van der Waals surface area contributed by atoms with Crippen LogP contribution in [-0.4, -0.2) is 42.5 Å². The number of aliphatic hydroxyl groups is 1. The molecule has 1 heterocycles. The van der Waals surface area contributed by atoms with Crippen LogP contribution in [0, 0.1) is 11.6 Å². The van der Waals surface area contributed by atoms with Crippen molar-refractivity contribution in [2.75, 3.05) is 31.2 Å². The van der Waals surface area contributed by atoms with Crippen LogP contribution in [0.2, 0.25) is 0 Å². The van der Waals surface area contributed by atoms with E-state index in [-0.39, 0.29) is 29.4 Å². The van der Waals surface area contributed by atoms with E-state index < -0.39 is 17.7 Å². The molecule has 1 fully saturated rings. The van der Waals surface area contributed by atoms with Crippen molar-refractivity contribution >= 4 is 22.9 Å². The highest BCUT2D eigenvalue weighted by molar-refractivity contribution is 7.80. The molecule has 3 N–H and O–H groups in total. The number of nitrogens with two attached hydrogens (primary N) is 1.